The van der Waals surface area contributed by atoms with Gasteiger partial charge in [0.15, 0.2) is 11.5 Å². The highest BCUT2D eigenvalue weighted by molar-refractivity contribution is 5.68. The van der Waals surface area contributed by atoms with Crippen LogP contribution >= 0.6 is 0 Å². The van der Waals surface area contributed by atoms with Crippen LogP contribution in [0.25, 0.3) is 0 Å². The summed E-state index contributed by atoms with van der Waals surface area (Å²) in [5, 5.41) is 0. The van der Waals surface area contributed by atoms with Gasteiger partial charge in [0.25, 0.3) is 0 Å². The maximum atomic E-state index is 11.8. The molecule has 1 saturated heterocycles. The third-order valence-corrected chi connectivity index (χ3v) is 6.03. The lowest BCUT2D eigenvalue weighted by Gasteiger charge is -2.46. The molecule has 1 unspecified atom stereocenters. The fraction of sp³-hybridized carbons (Fsp3) is 0.500. The van der Waals surface area contributed by atoms with E-state index in [9.17, 15) is 9.59 Å². The van der Waals surface area contributed by atoms with Crippen molar-refractivity contribution in [1.29, 1.82) is 0 Å². The summed E-state index contributed by atoms with van der Waals surface area (Å²) in [5.41, 5.74) is 1.78. The zero-order chi connectivity index (χ0) is 18.8. The number of hydrogen-bond donors (Lipinski definition) is 0. The maximum Gasteiger partial charge on any atom is 0.303 e. The smallest absolute Gasteiger partial charge is 0.303 e. The Balaban J connectivity index is 1.64. The van der Waals surface area contributed by atoms with E-state index in [0.29, 0.717) is 13.0 Å². The van der Waals surface area contributed by atoms with E-state index in [1.165, 1.54) is 13.8 Å². The van der Waals surface area contributed by atoms with Crippen molar-refractivity contribution >= 4 is 11.9 Å². The molecule has 0 N–H and O–H groups in total. The number of fused-ring (bicyclic) bond motifs is 2. The highest BCUT2D eigenvalue weighted by Crippen LogP contribution is 2.54. The molecular formula is C20H21NO6. The lowest BCUT2D eigenvalue weighted by molar-refractivity contribution is -0.147. The normalized spacial score (nSPS) is 34.6. The molecular weight excluding hydrogens is 350 g/mol. The summed E-state index contributed by atoms with van der Waals surface area (Å²) >= 11 is 0. The first-order chi connectivity index (χ1) is 13.0. The summed E-state index contributed by atoms with van der Waals surface area (Å²) in [6, 6.07) is 4.15. The molecule has 27 heavy (non-hydrogen) atoms. The van der Waals surface area contributed by atoms with Gasteiger partial charge >= 0.3 is 11.9 Å². The minimum Gasteiger partial charge on any atom is -0.460 e. The second-order valence-corrected chi connectivity index (χ2v) is 7.58. The first kappa shape index (κ1) is 16.6. The van der Waals surface area contributed by atoms with Crippen LogP contribution in [-0.4, -0.2) is 48.4 Å². The Bertz CT molecular complexity index is 864. The number of ether oxygens (including phenoxy) is 4. The number of esters is 2. The van der Waals surface area contributed by atoms with E-state index < -0.39 is 5.41 Å². The number of carbonyl (C=O) groups is 2. The van der Waals surface area contributed by atoms with Crippen LogP contribution in [0.3, 0.4) is 0 Å². The van der Waals surface area contributed by atoms with Gasteiger partial charge in [0.05, 0.1) is 5.41 Å². The third kappa shape index (κ3) is 2.37. The quantitative estimate of drug-likeness (QED) is 0.578. The molecule has 1 fully saturated rings. The Morgan fingerprint density at radius 3 is 2.63 bits per heavy atom. The van der Waals surface area contributed by atoms with Gasteiger partial charge in [-0.05, 0) is 29.3 Å². The second kappa shape index (κ2) is 5.73. The van der Waals surface area contributed by atoms with Crippen LogP contribution in [-0.2, 0) is 31.0 Å². The van der Waals surface area contributed by atoms with Crippen molar-refractivity contribution in [3.05, 3.63) is 35.4 Å². The molecule has 7 heteroatoms. The highest BCUT2D eigenvalue weighted by atomic mass is 16.7. The lowest BCUT2D eigenvalue weighted by atomic mass is 9.65. The first-order valence-electron chi connectivity index (χ1n) is 9.18. The molecule has 1 aromatic carbocycles. The molecule has 3 heterocycles. The molecule has 0 amide bonds. The summed E-state index contributed by atoms with van der Waals surface area (Å²) in [6.07, 6.45) is 4.10. The topological polar surface area (TPSA) is 74.3 Å². The minimum atomic E-state index is -0.475. The SMILES string of the molecule is CC(=O)O[C@H]1CN2Cc3cc4c(cc3[C@]13C=C[C@H](OC(C)=O)C[C@H]23)OCO4. The van der Waals surface area contributed by atoms with Crippen molar-refractivity contribution in [2.45, 2.75) is 50.5 Å². The van der Waals surface area contributed by atoms with E-state index in [0.717, 1.165) is 29.2 Å². The van der Waals surface area contributed by atoms with E-state index >= 15 is 0 Å². The summed E-state index contributed by atoms with van der Waals surface area (Å²) in [7, 11) is 0. The van der Waals surface area contributed by atoms with Gasteiger partial charge in [-0.1, -0.05) is 6.08 Å². The van der Waals surface area contributed by atoms with E-state index in [4.69, 9.17) is 18.9 Å². The van der Waals surface area contributed by atoms with Crippen LogP contribution in [0.15, 0.2) is 24.3 Å². The Labute approximate surface area is 156 Å². The molecule has 1 aliphatic carbocycles. The van der Waals surface area contributed by atoms with Crippen LogP contribution in [0.2, 0.25) is 0 Å². The summed E-state index contributed by atoms with van der Waals surface area (Å²) < 4.78 is 22.3. The van der Waals surface area contributed by atoms with Gasteiger partial charge in [-0.25, -0.2) is 0 Å². The first-order valence-corrected chi connectivity index (χ1v) is 9.18. The standard InChI is InChI=1S/C20H21NO6/c1-11(22)26-14-3-4-20-15-7-17-16(24-10-25-17)5-13(15)8-21(18(20)6-14)9-19(20)27-12(2)23/h3-5,7,14,18-19H,6,8-10H2,1-2H3/t14-,18-,19-,20-/m0/s1. The molecule has 3 aliphatic heterocycles. The van der Waals surface area contributed by atoms with Gasteiger partial charge < -0.3 is 18.9 Å². The number of rotatable bonds is 2. The van der Waals surface area contributed by atoms with Crippen LogP contribution in [0.5, 0.6) is 11.5 Å². The van der Waals surface area contributed by atoms with E-state index in [-0.39, 0.29) is 37.0 Å². The van der Waals surface area contributed by atoms with Crippen molar-refractivity contribution < 1.29 is 28.5 Å². The van der Waals surface area contributed by atoms with Gasteiger partial charge in [0, 0.05) is 39.4 Å². The fourth-order valence-corrected chi connectivity index (χ4v) is 5.13. The van der Waals surface area contributed by atoms with Crippen LogP contribution in [0.1, 0.15) is 31.4 Å². The average molecular weight is 371 g/mol. The number of hydrogen-bond acceptors (Lipinski definition) is 7. The number of benzene rings is 1. The number of nitrogens with zero attached hydrogens (tertiary/aromatic N) is 1. The molecule has 7 nitrogen and oxygen atoms in total. The van der Waals surface area contributed by atoms with E-state index in [2.05, 4.69) is 11.0 Å². The van der Waals surface area contributed by atoms with Crippen molar-refractivity contribution in [2.24, 2.45) is 0 Å². The summed E-state index contributed by atoms with van der Waals surface area (Å²) in [5.74, 6) is 0.892. The Morgan fingerprint density at radius 1 is 1.15 bits per heavy atom. The largest absolute Gasteiger partial charge is 0.460 e. The van der Waals surface area contributed by atoms with Crippen LogP contribution in [0, 0.1) is 0 Å². The molecule has 0 saturated carbocycles. The minimum absolute atomic E-state index is 0.0871. The third-order valence-electron chi connectivity index (χ3n) is 6.03. The van der Waals surface area contributed by atoms with Crippen LogP contribution in [0.4, 0.5) is 0 Å². The van der Waals surface area contributed by atoms with Gasteiger partial charge in [0.1, 0.15) is 12.2 Å². The molecule has 5 rings (SSSR count). The molecule has 4 aliphatic rings. The second-order valence-electron chi connectivity index (χ2n) is 7.58. The molecule has 2 bridgehead atoms. The molecule has 5 atom stereocenters. The zero-order valence-corrected chi connectivity index (χ0v) is 15.3. The number of carbonyl (C=O) groups excluding carboxylic acids is 2. The fourth-order valence-electron chi connectivity index (χ4n) is 5.13. The van der Waals surface area contributed by atoms with Crippen molar-refractivity contribution in [3.63, 3.8) is 0 Å². The molecule has 1 aromatic rings. The highest BCUT2D eigenvalue weighted by Gasteiger charge is 2.60. The molecule has 0 spiro atoms. The van der Waals surface area contributed by atoms with Gasteiger partial charge in [0.2, 0.25) is 6.79 Å². The van der Waals surface area contributed by atoms with Crippen molar-refractivity contribution in [3.8, 4) is 11.5 Å². The Kier molecular flexibility index (Phi) is 3.53. The van der Waals surface area contributed by atoms with Gasteiger partial charge in [-0.2, -0.15) is 0 Å². The summed E-state index contributed by atoms with van der Waals surface area (Å²) in [4.78, 5) is 25.5. The Morgan fingerprint density at radius 2 is 1.89 bits per heavy atom. The van der Waals surface area contributed by atoms with Gasteiger partial charge in [-0.3, -0.25) is 14.5 Å². The van der Waals surface area contributed by atoms with E-state index in [1.54, 1.807) is 0 Å². The molecule has 0 aromatic heterocycles. The van der Waals surface area contributed by atoms with E-state index in [1.807, 2.05) is 18.2 Å². The van der Waals surface area contributed by atoms with Crippen LogP contribution < -0.4 is 9.47 Å². The molecule has 142 valence electrons. The van der Waals surface area contributed by atoms with Crippen molar-refractivity contribution in [2.75, 3.05) is 13.3 Å². The monoisotopic (exact) mass is 371 g/mol. The lowest BCUT2D eigenvalue weighted by Crippen LogP contribution is -2.53. The predicted molar refractivity (Wildman–Crippen MR) is 93.3 cm³/mol. The summed E-state index contributed by atoms with van der Waals surface area (Å²) in [6.45, 7) is 4.46. The van der Waals surface area contributed by atoms with Crippen molar-refractivity contribution in [1.82, 2.24) is 4.90 Å². The zero-order valence-electron chi connectivity index (χ0n) is 15.3. The molecule has 0 radical (unpaired) electrons. The maximum absolute atomic E-state index is 11.8. The Hall–Kier alpha value is -2.54. The predicted octanol–water partition coefficient (Wildman–Crippen LogP) is 1.67. The average Bonchev–Trinajstić information content (AvgIpc) is 3.13. The van der Waals surface area contributed by atoms with Gasteiger partial charge in [-0.15, -0.1) is 0 Å².